The molecule has 1 aromatic carbocycles. The lowest BCUT2D eigenvalue weighted by atomic mass is 10.1. The average molecular weight is 267 g/mol. The lowest BCUT2D eigenvalue weighted by Gasteiger charge is -2.26. The maximum absolute atomic E-state index is 13.6. The number of carbonyl (C=O) groups is 1. The van der Waals surface area contributed by atoms with Gasteiger partial charge in [-0.1, -0.05) is 25.8 Å². The van der Waals surface area contributed by atoms with E-state index in [2.05, 4.69) is 0 Å². The molecule has 104 valence electrons. The zero-order valence-corrected chi connectivity index (χ0v) is 11.2. The van der Waals surface area contributed by atoms with Crippen LogP contribution in [0.1, 0.15) is 43.0 Å². The molecule has 0 radical (unpaired) electrons. The third kappa shape index (κ3) is 3.18. The molecule has 0 spiro atoms. The van der Waals surface area contributed by atoms with E-state index >= 15 is 0 Å². The molecule has 0 atom stereocenters. The summed E-state index contributed by atoms with van der Waals surface area (Å²) >= 11 is 0. The minimum Gasteiger partial charge on any atom is -0.293 e. The van der Waals surface area contributed by atoms with Crippen LogP contribution in [0.4, 0.5) is 8.78 Å². The highest BCUT2D eigenvalue weighted by Crippen LogP contribution is 2.24. The third-order valence-corrected chi connectivity index (χ3v) is 3.84. The van der Waals surface area contributed by atoms with Crippen molar-refractivity contribution >= 4 is 5.78 Å². The molecule has 4 heteroatoms. The van der Waals surface area contributed by atoms with E-state index in [1.165, 1.54) is 18.9 Å². The number of nitrogens with zero attached hydrogens (tertiary/aromatic N) is 1. The summed E-state index contributed by atoms with van der Waals surface area (Å²) in [5.74, 6) is -2.01. The fourth-order valence-electron chi connectivity index (χ4n) is 2.80. The fourth-order valence-corrected chi connectivity index (χ4v) is 2.80. The van der Waals surface area contributed by atoms with Crippen molar-refractivity contribution in [2.24, 2.45) is 0 Å². The number of Topliss-reactive ketones (excluding diaryl/α,β-unsaturated/α-hetero) is 1. The molecule has 1 aliphatic carbocycles. The summed E-state index contributed by atoms with van der Waals surface area (Å²) in [5.41, 5.74) is -0.404. The van der Waals surface area contributed by atoms with E-state index in [4.69, 9.17) is 0 Å². The second-order valence-corrected chi connectivity index (χ2v) is 5.02. The second-order valence-electron chi connectivity index (χ2n) is 5.02. The quantitative estimate of drug-likeness (QED) is 0.762. The van der Waals surface area contributed by atoms with E-state index in [0.29, 0.717) is 6.04 Å². The highest BCUT2D eigenvalue weighted by Gasteiger charge is 2.25. The standard InChI is InChI=1S/C15H19F2NO/c1-2-18(11-6-3-4-7-11)10-14(19)15-12(16)8-5-9-13(15)17/h5,8-9,11H,2-4,6-7,10H2,1H3. The molecule has 1 saturated carbocycles. The van der Waals surface area contributed by atoms with Crippen LogP contribution >= 0.6 is 0 Å². The Morgan fingerprint density at radius 1 is 1.26 bits per heavy atom. The Morgan fingerprint density at radius 3 is 2.37 bits per heavy atom. The van der Waals surface area contributed by atoms with Crippen molar-refractivity contribution in [3.05, 3.63) is 35.4 Å². The molecule has 0 unspecified atom stereocenters. The predicted octanol–water partition coefficient (Wildman–Crippen LogP) is 3.41. The summed E-state index contributed by atoms with van der Waals surface area (Å²) in [7, 11) is 0. The van der Waals surface area contributed by atoms with Crippen LogP contribution < -0.4 is 0 Å². The van der Waals surface area contributed by atoms with Gasteiger partial charge >= 0.3 is 0 Å². The maximum Gasteiger partial charge on any atom is 0.182 e. The molecule has 0 heterocycles. The van der Waals surface area contributed by atoms with Gasteiger partial charge in [-0.15, -0.1) is 0 Å². The third-order valence-electron chi connectivity index (χ3n) is 3.84. The zero-order chi connectivity index (χ0) is 13.8. The van der Waals surface area contributed by atoms with Crippen molar-refractivity contribution in [3.8, 4) is 0 Å². The van der Waals surface area contributed by atoms with Crippen molar-refractivity contribution in [1.82, 2.24) is 4.90 Å². The molecular weight excluding hydrogens is 248 g/mol. The van der Waals surface area contributed by atoms with Gasteiger partial charge in [0.2, 0.25) is 0 Å². The molecule has 0 aliphatic heterocycles. The molecular formula is C15H19F2NO. The lowest BCUT2D eigenvalue weighted by molar-refractivity contribution is 0.0891. The largest absolute Gasteiger partial charge is 0.293 e. The monoisotopic (exact) mass is 267 g/mol. The molecule has 1 fully saturated rings. The molecule has 2 nitrogen and oxygen atoms in total. The van der Waals surface area contributed by atoms with Crippen LogP contribution in [0.2, 0.25) is 0 Å². The molecule has 19 heavy (non-hydrogen) atoms. The minimum absolute atomic E-state index is 0.0962. The summed E-state index contributed by atoms with van der Waals surface area (Å²) in [4.78, 5) is 14.1. The Morgan fingerprint density at radius 2 is 1.84 bits per heavy atom. The van der Waals surface area contributed by atoms with Crippen molar-refractivity contribution in [2.75, 3.05) is 13.1 Å². The first kappa shape index (κ1) is 14.1. The number of hydrogen-bond acceptors (Lipinski definition) is 2. The summed E-state index contributed by atoms with van der Waals surface area (Å²) in [5, 5.41) is 0. The number of likely N-dealkylation sites (N-methyl/N-ethyl adjacent to an activating group) is 1. The Balaban J connectivity index is 2.11. The van der Waals surface area contributed by atoms with Gasteiger partial charge in [-0.2, -0.15) is 0 Å². The van der Waals surface area contributed by atoms with Crippen LogP contribution in [0.5, 0.6) is 0 Å². The van der Waals surface area contributed by atoms with E-state index in [9.17, 15) is 13.6 Å². The van der Waals surface area contributed by atoms with Gasteiger partial charge in [0, 0.05) is 6.04 Å². The molecule has 0 amide bonds. The molecule has 0 N–H and O–H groups in total. The van der Waals surface area contributed by atoms with Crippen molar-refractivity contribution < 1.29 is 13.6 Å². The van der Waals surface area contributed by atoms with Crippen molar-refractivity contribution in [2.45, 2.75) is 38.6 Å². The first-order chi connectivity index (χ1) is 9.13. The van der Waals surface area contributed by atoms with E-state index < -0.39 is 23.0 Å². The number of hydrogen-bond donors (Lipinski definition) is 0. The Kier molecular flexibility index (Phi) is 4.64. The van der Waals surface area contributed by atoms with Gasteiger partial charge in [0.05, 0.1) is 12.1 Å². The van der Waals surface area contributed by atoms with Crippen LogP contribution in [-0.4, -0.2) is 29.8 Å². The molecule has 1 aromatic rings. The number of halogens is 2. The van der Waals surface area contributed by atoms with E-state index in [1.807, 2.05) is 11.8 Å². The lowest BCUT2D eigenvalue weighted by Crippen LogP contribution is -2.37. The van der Waals surface area contributed by atoms with Crippen LogP contribution in [-0.2, 0) is 0 Å². The Bertz CT molecular complexity index is 435. The number of benzene rings is 1. The fraction of sp³-hybridized carbons (Fsp3) is 0.533. The zero-order valence-electron chi connectivity index (χ0n) is 11.2. The molecule has 0 saturated heterocycles. The SMILES string of the molecule is CCN(CC(=O)c1c(F)cccc1F)C1CCCC1. The van der Waals surface area contributed by atoms with Gasteiger partial charge < -0.3 is 0 Å². The first-order valence-corrected chi connectivity index (χ1v) is 6.84. The normalized spacial score (nSPS) is 16.2. The molecule has 1 aliphatic rings. The average Bonchev–Trinajstić information content (AvgIpc) is 2.89. The molecule has 0 aromatic heterocycles. The van der Waals surface area contributed by atoms with E-state index in [0.717, 1.165) is 31.5 Å². The van der Waals surface area contributed by atoms with Crippen LogP contribution in [0.25, 0.3) is 0 Å². The second kappa shape index (κ2) is 6.24. The number of rotatable bonds is 5. The first-order valence-electron chi connectivity index (χ1n) is 6.84. The highest BCUT2D eigenvalue weighted by molar-refractivity contribution is 5.98. The van der Waals surface area contributed by atoms with Gasteiger partial charge in [-0.05, 0) is 31.5 Å². The van der Waals surface area contributed by atoms with Gasteiger partial charge in [0.15, 0.2) is 5.78 Å². The molecule has 2 rings (SSSR count). The number of ketones is 1. The smallest absolute Gasteiger partial charge is 0.182 e. The Hall–Kier alpha value is -1.29. The topological polar surface area (TPSA) is 20.3 Å². The van der Waals surface area contributed by atoms with E-state index in [-0.39, 0.29) is 6.54 Å². The van der Waals surface area contributed by atoms with Crippen LogP contribution in [0, 0.1) is 11.6 Å². The van der Waals surface area contributed by atoms with Crippen LogP contribution in [0.3, 0.4) is 0 Å². The summed E-state index contributed by atoms with van der Waals surface area (Å²) < 4.78 is 27.1. The summed E-state index contributed by atoms with van der Waals surface area (Å²) in [6.45, 7) is 2.80. The van der Waals surface area contributed by atoms with Crippen LogP contribution in [0.15, 0.2) is 18.2 Å². The number of carbonyl (C=O) groups excluding carboxylic acids is 1. The van der Waals surface area contributed by atoms with Gasteiger partial charge in [-0.25, -0.2) is 8.78 Å². The predicted molar refractivity (Wildman–Crippen MR) is 70.2 cm³/mol. The Labute approximate surface area is 112 Å². The van der Waals surface area contributed by atoms with Gasteiger partial charge in [-0.3, -0.25) is 9.69 Å². The molecule has 0 bridgehead atoms. The minimum atomic E-state index is -0.771. The highest BCUT2D eigenvalue weighted by atomic mass is 19.1. The van der Waals surface area contributed by atoms with Gasteiger partial charge in [0.1, 0.15) is 11.6 Å². The summed E-state index contributed by atoms with van der Waals surface area (Å²) in [6.07, 6.45) is 4.48. The van der Waals surface area contributed by atoms with E-state index in [1.54, 1.807) is 0 Å². The van der Waals surface area contributed by atoms with Crippen molar-refractivity contribution in [3.63, 3.8) is 0 Å². The maximum atomic E-state index is 13.6. The van der Waals surface area contributed by atoms with Gasteiger partial charge in [0.25, 0.3) is 0 Å². The van der Waals surface area contributed by atoms with Crippen molar-refractivity contribution in [1.29, 1.82) is 0 Å². The summed E-state index contributed by atoms with van der Waals surface area (Å²) in [6, 6.07) is 3.91.